The smallest absolute Gasteiger partial charge is 0.227 e. The van der Waals surface area contributed by atoms with Crippen LogP contribution in [-0.4, -0.2) is 30.1 Å². The van der Waals surface area contributed by atoms with E-state index in [0.29, 0.717) is 24.6 Å². The molecule has 0 bridgehead atoms. The highest BCUT2D eigenvalue weighted by Gasteiger charge is 2.21. The van der Waals surface area contributed by atoms with E-state index >= 15 is 0 Å². The van der Waals surface area contributed by atoms with E-state index in [9.17, 15) is 4.79 Å². The second-order valence-electron chi connectivity index (χ2n) is 5.88. The molecule has 1 heterocycles. The van der Waals surface area contributed by atoms with Gasteiger partial charge in [-0.05, 0) is 49.6 Å². The van der Waals surface area contributed by atoms with Gasteiger partial charge < -0.3 is 10.1 Å². The van der Waals surface area contributed by atoms with Crippen LogP contribution < -0.4 is 5.32 Å². The predicted octanol–water partition coefficient (Wildman–Crippen LogP) is 3.60. The number of carbonyl (C=O) groups is 1. The topological polar surface area (TPSA) is 51.2 Å². The molecule has 4 nitrogen and oxygen atoms in total. The van der Waals surface area contributed by atoms with E-state index in [1.807, 2.05) is 50.2 Å². The minimum Gasteiger partial charge on any atom is -0.377 e. The lowest BCUT2D eigenvalue weighted by molar-refractivity contribution is -0.122. The molecule has 1 amide bonds. The maximum atomic E-state index is 12.7. The number of carbonyl (C=O) groups excluding carboxylic acids is 1. The summed E-state index contributed by atoms with van der Waals surface area (Å²) in [4.78, 5) is 16.8. The Bertz CT molecular complexity index is 630. The lowest BCUT2D eigenvalue weighted by Crippen LogP contribution is -2.33. The van der Waals surface area contributed by atoms with E-state index in [1.165, 1.54) is 0 Å². The summed E-state index contributed by atoms with van der Waals surface area (Å²) >= 11 is 5.96. The third kappa shape index (κ3) is 5.95. The van der Waals surface area contributed by atoms with Crippen molar-refractivity contribution in [3.8, 4) is 0 Å². The van der Waals surface area contributed by atoms with Gasteiger partial charge in [0.05, 0.1) is 18.6 Å². The zero-order valence-corrected chi connectivity index (χ0v) is 14.8. The standard InChI is InChI=1S/C19H23ClN2O2/c1-14(2)24-11-10-22-19(23)18(12-15-4-3-9-21-13-15)16-5-7-17(20)8-6-16/h3-9,13-14,18H,10-12H2,1-2H3,(H,22,23). The fourth-order valence-electron chi connectivity index (χ4n) is 2.40. The molecule has 1 aromatic heterocycles. The molecular formula is C19H23ClN2O2. The Morgan fingerprint density at radius 3 is 2.62 bits per heavy atom. The van der Waals surface area contributed by atoms with Crippen LogP contribution in [0.2, 0.25) is 5.02 Å². The molecule has 0 aliphatic heterocycles. The molecule has 0 spiro atoms. The zero-order chi connectivity index (χ0) is 17.4. The Kier molecular flexibility index (Phi) is 7.22. The largest absolute Gasteiger partial charge is 0.377 e. The molecule has 128 valence electrons. The second kappa shape index (κ2) is 9.40. The third-order valence-corrected chi connectivity index (χ3v) is 3.86. The van der Waals surface area contributed by atoms with E-state index in [1.54, 1.807) is 12.4 Å². The van der Waals surface area contributed by atoms with Crippen LogP contribution in [0.3, 0.4) is 0 Å². The van der Waals surface area contributed by atoms with Crippen LogP contribution in [0, 0.1) is 0 Å². The van der Waals surface area contributed by atoms with E-state index < -0.39 is 0 Å². The van der Waals surface area contributed by atoms with Crippen LogP contribution in [0.4, 0.5) is 0 Å². The first-order chi connectivity index (χ1) is 11.6. The number of nitrogens with zero attached hydrogens (tertiary/aromatic N) is 1. The van der Waals surface area contributed by atoms with Crippen LogP contribution in [0.1, 0.15) is 30.9 Å². The van der Waals surface area contributed by atoms with Gasteiger partial charge in [0.15, 0.2) is 0 Å². The first kappa shape index (κ1) is 18.4. The average molecular weight is 347 g/mol. The molecular weight excluding hydrogens is 324 g/mol. The van der Waals surface area contributed by atoms with Crippen LogP contribution in [0.25, 0.3) is 0 Å². The van der Waals surface area contributed by atoms with Crippen molar-refractivity contribution >= 4 is 17.5 Å². The molecule has 1 N–H and O–H groups in total. The summed E-state index contributed by atoms with van der Waals surface area (Å²) in [5.74, 6) is -0.306. The Balaban J connectivity index is 2.07. The molecule has 0 aliphatic rings. The second-order valence-corrected chi connectivity index (χ2v) is 6.32. The first-order valence-corrected chi connectivity index (χ1v) is 8.47. The number of hydrogen-bond donors (Lipinski definition) is 1. The van der Waals surface area contributed by atoms with Gasteiger partial charge >= 0.3 is 0 Å². The van der Waals surface area contributed by atoms with Crippen LogP contribution >= 0.6 is 11.6 Å². The van der Waals surface area contributed by atoms with E-state index in [2.05, 4.69) is 10.3 Å². The van der Waals surface area contributed by atoms with Crippen molar-refractivity contribution in [2.45, 2.75) is 32.3 Å². The molecule has 1 atom stereocenters. The molecule has 2 rings (SSSR count). The molecule has 0 radical (unpaired) electrons. The van der Waals surface area contributed by atoms with Gasteiger partial charge in [0.1, 0.15) is 0 Å². The van der Waals surface area contributed by atoms with Gasteiger partial charge in [0.2, 0.25) is 5.91 Å². The van der Waals surface area contributed by atoms with Gasteiger partial charge in [0, 0.05) is 24.0 Å². The molecule has 0 aliphatic carbocycles. The fourth-order valence-corrected chi connectivity index (χ4v) is 2.53. The summed E-state index contributed by atoms with van der Waals surface area (Å²) in [7, 11) is 0. The summed E-state index contributed by atoms with van der Waals surface area (Å²) in [5, 5.41) is 3.61. The highest BCUT2D eigenvalue weighted by molar-refractivity contribution is 6.30. The maximum Gasteiger partial charge on any atom is 0.227 e. The number of benzene rings is 1. The normalized spacial score (nSPS) is 12.2. The summed E-state index contributed by atoms with van der Waals surface area (Å²) < 4.78 is 5.47. The zero-order valence-electron chi connectivity index (χ0n) is 14.0. The molecule has 5 heteroatoms. The van der Waals surface area contributed by atoms with E-state index in [-0.39, 0.29) is 17.9 Å². The minimum atomic E-state index is -0.287. The summed E-state index contributed by atoms with van der Waals surface area (Å²) in [5.41, 5.74) is 1.96. The lowest BCUT2D eigenvalue weighted by Gasteiger charge is -2.18. The molecule has 24 heavy (non-hydrogen) atoms. The maximum absolute atomic E-state index is 12.7. The summed E-state index contributed by atoms with van der Waals surface area (Å²) in [6, 6.07) is 11.3. The third-order valence-electron chi connectivity index (χ3n) is 3.60. The van der Waals surface area contributed by atoms with Gasteiger partial charge in [-0.15, -0.1) is 0 Å². The first-order valence-electron chi connectivity index (χ1n) is 8.10. The van der Waals surface area contributed by atoms with E-state index in [0.717, 1.165) is 11.1 Å². The number of halogens is 1. The number of rotatable bonds is 8. The monoisotopic (exact) mass is 346 g/mol. The number of nitrogens with one attached hydrogen (secondary N) is 1. The molecule has 2 aromatic rings. The number of amides is 1. The lowest BCUT2D eigenvalue weighted by atomic mass is 9.92. The Hall–Kier alpha value is -1.91. The number of hydrogen-bond acceptors (Lipinski definition) is 3. The molecule has 0 saturated carbocycles. The number of pyridine rings is 1. The van der Waals surface area contributed by atoms with Crippen molar-refractivity contribution < 1.29 is 9.53 Å². The van der Waals surface area contributed by atoms with Gasteiger partial charge in [0.25, 0.3) is 0 Å². The fraction of sp³-hybridized carbons (Fsp3) is 0.368. The highest BCUT2D eigenvalue weighted by Crippen LogP contribution is 2.23. The van der Waals surface area contributed by atoms with Crippen molar-refractivity contribution in [2.75, 3.05) is 13.2 Å². The highest BCUT2D eigenvalue weighted by atomic mass is 35.5. The Labute approximate surface area is 148 Å². The van der Waals surface area contributed by atoms with Crippen LogP contribution in [0.5, 0.6) is 0 Å². The van der Waals surface area contributed by atoms with Crippen LogP contribution in [0.15, 0.2) is 48.8 Å². The number of ether oxygens (including phenoxy) is 1. The Morgan fingerprint density at radius 1 is 1.25 bits per heavy atom. The molecule has 0 fully saturated rings. The van der Waals surface area contributed by atoms with E-state index in [4.69, 9.17) is 16.3 Å². The van der Waals surface area contributed by atoms with Crippen LogP contribution in [-0.2, 0) is 16.0 Å². The number of aromatic nitrogens is 1. The van der Waals surface area contributed by atoms with Crippen molar-refractivity contribution in [2.24, 2.45) is 0 Å². The van der Waals surface area contributed by atoms with Crippen molar-refractivity contribution in [1.82, 2.24) is 10.3 Å². The van der Waals surface area contributed by atoms with Gasteiger partial charge in [-0.1, -0.05) is 29.8 Å². The minimum absolute atomic E-state index is 0.0199. The average Bonchev–Trinajstić information content (AvgIpc) is 2.58. The summed E-state index contributed by atoms with van der Waals surface area (Å²) in [6.07, 6.45) is 4.26. The van der Waals surface area contributed by atoms with Gasteiger partial charge in [-0.3, -0.25) is 9.78 Å². The summed E-state index contributed by atoms with van der Waals surface area (Å²) in [6.45, 7) is 4.94. The molecule has 1 unspecified atom stereocenters. The Morgan fingerprint density at radius 2 is 2.00 bits per heavy atom. The van der Waals surface area contributed by atoms with Gasteiger partial charge in [-0.25, -0.2) is 0 Å². The predicted molar refractivity (Wildman–Crippen MR) is 96.2 cm³/mol. The van der Waals surface area contributed by atoms with Crippen molar-refractivity contribution in [3.05, 3.63) is 64.9 Å². The molecule has 1 aromatic carbocycles. The van der Waals surface area contributed by atoms with Crippen molar-refractivity contribution in [1.29, 1.82) is 0 Å². The SMILES string of the molecule is CC(C)OCCNC(=O)C(Cc1cccnc1)c1ccc(Cl)cc1. The molecule has 0 saturated heterocycles. The van der Waals surface area contributed by atoms with Gasteiger partial charge in [-0.2, -0.15) is 0 Å². The quantitative estimate of drug-likeness (QED) is 0.743. The van der Waals surface area contributed by atoms with Crippen molar-refractivity contribution in [3.63, 3.8) is 0 Å².